The maximum atomic E-state index is 5.90. The minimum Gasteiger partial charge on any atom is -0.495 e. The molecule has 0 amide bonds. The summed E-state index contributed by atoms with van der Waals surface area (Å²) in [7, 11) is 3.35. The Morgan fingerprint density at radius 2 is 1.87 bits per heavy atom. The molecule has 1 fully saturated rings. The topological polar surface area (TPSA) is 56.2 Å². The van der Waals surface area contributed by atoms with Crippen molar-refractivity contribution in [2.45, 2.75) is 13.3 Å². The van der Waals surface area contributed by atoms with Gasteiger partial charge < -0.3 is 19.1 Å². The Morgan fingerprint density at radius 3 is 2.58 bits per heavy atom. The summed E-state index contributed by atoms with van der Waals surface area (Å²) in [6.07, 6.45) is 10.8. The van der Waals surface area contributed by atoms with Gasteiger partial charge in [0.2, 0.25) is 5.88 Å². The predicted octanol–water partition coefficient (Wildman–Crippen LogP) is 5.08. The summed E-state index contributed by atoms with van der Waals surface area (Å²) < 4.78 is 17.1. The van der Waals surface area contributed by atoms with Crippen molar-refractivity contribution in [3.63, 3.8) is 0 Å². The summed E-state index contributed by atoms with van der Waals surface area (Å²) in [5, 5.41) is 0. The molecule has 1 saturated heterocycles. The second-order valence-corrected chi connectivity index (χ2v) is 7.93. The van der Waals surface area contributed by atoms with Gasteiger partial charge in [0.25, 0.3) is 0 Å². The van der Waals surface area contributed by atoms with Gasteiger partial charge in [-0.25, -0.2) is 4.99 Å². The summed E-state index contributed by atoms with van der Waals surface area (Å²) in [5.74, 6) is 3.30. The Hall–Kier alpha value is -3.54. The van der Waals surface area contributed by atoms with Crippen LogP contribution in [-0.4, -0.2) is 31.5 Å². The van der Waals surface area contributed by atoms with E-state index < -0.39 is 0 Å². The number of allylic oxidation sites excluding steroid dienone is 4. The first-order valence-electron chi connectivity index (χ1n) is 10.4. The van der Waals surface area contributed by atoms with Gasteiger partial charge in [0.05, 0.1) is 25.8 Å². The van der Waals surface area contributed by atoms with Gasteiger partial charge in [-0.15, -0.1) is 0 Å². The van der Waals surface area contributed by atoms with Gasteiger partial charge in [-0.2, -0.15) is 0 Å². The van der Waals surface area contributed by atoms with Crippen LogP contribution >= 0.6 is 0 Å². The number of methoxy groups -OCH3 is 2. The van der Waals surface area contributed by atoms with E-state index in [4.69, 9.17) is 19.2 Å². The zero-order valence-electron chi connectivity index (χ0n) is 17.9. The van der Waals surface area contributed by atoms with Crippen LogP contribution < -0.4 is 9.64 Å². The van der Waals surface area contributed by atoms with Crippen molar-refractivity contribution in [3.05, 3.63) is 84.4 Å². The SMILES string of the molecule is COC1=CC23C(=CC=C(OC)C2=N1)N(c1ccc(Oc2cccnc2)cc1)CCC3C. The van der Waals surface area contributed by atoms with Gasteiger partial charge in [-0.05, 0) is 67.0 Å². The molecule has 5 rings (SSSR count). The van der Waals surface area contributed by atoms with Crippen molar-refractivity contribution >= 4 is 11.4 Å². The summed E-state index contributed by atoms with van der Waals surface area (Å²) in [6, 6.07) is 11.9. The number of nitrogens with zero attached hydrogens (tertiary/aromatic N) is 3. The van der Waals surface area contributed by atoms with Gasteiger partial charge in [-0.1, -0.05) is 6.92 Å². The van der Waals surface area contributed by atoms with Crippen molar-refractivity contribution < 1.29 is 14.2 Å². The molecule has 3 aliphatic rings. The zero-order valence-corrected chi connectivity index (χ0v) is 17.9. The van der Waals surface area contributed by atoms with Crippen LogP contribution in [-0.2, 0) is 9.47 Å². The Balaban J connectivity index is 1.50. The molecule has 1 aromatic heterocycles. The van der Waals surface area contributed by atoms with E-state index in [0.717, 1.165) is 41.6 Å². The fourth-order valence-electron chi connectivity index (χ4n) is 4.71. The lowest BCUT2D eigenvalue weighted by atomic mass is 9.64. The third-order valence-electron chi connectivity index (χ3n) is 6.32. The average molecular weight is 415 g/mol. The third-order valence-corrected chi connectivity index (χ3v) is 6.32. The number of piperidine rings is 1. The molecule has 1 aliphatic carbocycles. The first kappa shape index (κ1) is 19.4. The molecule has 3 heterocycles. The molecule has 31 heavy (non-hydrogen) atoms. The highest BCUT2D eigenvalue weighted by Gasteiger charge is 2.53. The lowest BCUT2D eigenvalue weighted by Crippen LogP contribution is -2.50. The van der Waals surface area contributed by atoms with Gasteiger partial charge in [0.15, 0.2) is 0 Å². The highest BCUT2D eigenvalue weighted by Crippen LogP contribution is 2.53. The number of aromatic nitrogens is 1. The number of ether oxygens (including phenoxy) is 3. The summed E-state index contributed by atoms with van der Waals surface area (Å²) in [6.45, 7) is 3.20. The van der Waals surface area contributed by atoms with E-state index >= 15 is 0 Å². The first-order valence-corrected chi connectivity index (χ1v) is 10.4. The monoisotopic (exact) mass is 415 g/mol. The molecular weight excluding hydrogens is 390 g/mol. The van der Waals surface area contributed by atoms with Gasteiger partial charge in [-0.3, -0.25) is 4.98 Å². The van der Waals surface area contributed by atoms with Crippen LogP contribution in [0.5, 0.6) is 11.5 Å². The molecule has 2 unspecified atom stereocenters. The number of pyridine rings is 1. The highest BCUT2D eigenvalue weighted by molar-refractivity contribution is 6.10. The number of hydrogen-bond donors (Lipinski definition) is 0. The Labute approximate surface area is 182 Å². The maximum absolute atomic E-state index is 5.90. The number of aliphatic imine (C=N–C) groups is 1. The smallest absolute Gasteiger partial charge is 0.210 e. The van der Waals surface area contributed by atoms with Crippen LogP contribution in [0.15, 0.2) is 89.4 Å². The largest absolute Gasteiger partial charge is 0.495 e. The summed E-state index contributed by atoms with van der Waals surface area (Å²) in [5.41, 5.74) is 2.88. The molecule has 1 aromatic carbocycles. The van der Waals surface area contributed by atoms with Crippen molar-refractivity contribution in [3.8, 4) is 11.5 Å². The Kier molecular flexibility index (Phi) is 4.77. The van der Waals surface area contributed by atoms with E-state index in [9.17, 15) is 0 Å². The molecule has 2 atom stereocenters. The zero-order chi connectivity index (χ0) is 21.4. The number of anilines is 1. The van der Waals surface area contributed by atoms with Crippen molar-refractivity contribution in [2.24, 2.45) is 16.3 Å². The normalized spacial score (nSPS) is 24.2. The van der Waals surface area contributed by atoms with Gasteiger partial charge in [0, 0.05) is 24.1 Å². The van der Waals surface area contributed by atoms with Crippen molar-refractivity contribution in [1.82, 2.24) is 4.98 Å². The van der Waals surface area contributed by atoms with E-state index in [2.05, 4.69) is 41.1 Å². The molecule has 6 nitrogen and oxygen atoms in total. The predicted molar refractivity (Wildman–Crippen MR) is 120 cm³/mol. The Bertz CT molecular complexity index is 1100. The van der Waals surface area contributed by atoms with Crippen LogP contribution in [0, 0.1) is 11.3 Å². The average Bonchev–Trinajstić information content (AvgIpc) is 3.21. The van der Waals surface area contributed by atoms with Crippen LogP contribution in [0.1, 0.15) is 13.3 Å². The lowest BCUT2D eigenvalue weighted by Gasteiger charge is -2.49. The lowest BCUT2D eigenvalue weighted by molar-refractivity contribution is 0.277. The van der Waals surface area contributed by atoms with Gasteiger partial charge in [0.1, 0.15) is 23.0 Å². The molecule has 158 valence electrons. The van der Waals surface area contributed by atoms with E-state index in [1.807, 2.05) is 30.3 Å². The standard InChI is InChI=1S/C25H25N3O3/c1-17-12-14-28(18-6-8-19(9-7-18)31-20-5-4-13-26-16-20)22-11-10-21(29-2)24-25(17,22)15-23(27-24)30-3/h4-11,13,15-17H,12,14H2,1-3H3. The highest BCUT2D eigenvalue weighted by atomic mass is 16.5. The minimum absolute atomic E-state index is 0.353. The van der Waals surface area contributed by atoms with Gasteiger partial charge >= 0.3 is 0 Å². The van der Waals surface area contributed by atoms with Crippen LogP contribution in [0.2, 0.25) is 0 Å². The minimum atomic E-state index is -0.353. The quantitative estimate of drug-likeness (QED) is 0.682. The van der Waals surface area contributed by atoms with Crippen LogP contribution in [0.4, 0.5) is 5.69 Å². The van der Waals surface area contributed by atoms with E-state index in [1.54, 1.807) is 26.6 Å². The van der Waals surface area contributed by atoms with Crippen molar-refractivity contribution in [2.75, 3.05) is 25.7 Å². The molecule has 1 spiro atoms. The van der Waals surface area contributed by atoms with Crippen LogP contribution in [0.3, 0.4) is 0 Å². The summed E-state index contributed by atoms with van der Waals surface area (Å²) in [4.78, 5) is 11.2. The van der Waals surface area contributed by atoms with E-state index in [-0.39, 0.29) is 5.41 Å². The molecule has 2 aliphatic heterocycles. The molecular formula is C25H25N3O3. The maximum Gasteiger partial charge on any atom is 0.210 e. The van der Waals surface area contributed by atoms with Crippen LogP contribution in [0.25, 0.3) is 0 Å². The second kappa shape index (κ2) is 7.61. The Morgan fingerprint density at radius 1 is 1.03 bits per heavy atom. The second-order valence-electron chi connectivity index (χ2n) is 7.93. The molecule has 0 saturated carbocycles. The third kappa shape index (κ3) is 3.10. The number of benzene rings is 1. The molecule has 0 bridgehead atoms. The van der Waals surface area contributed by atoms with Crippen molar-refractivity contribution in [1.29, 1.82) is 0 Å². The van der Waals surface area contributed by atoms with E-state index in [1.165, 1.54) is 5.70 Å². The molecule has 0 radical (unpaired) electrons. The number of hydrogen-bond acceptors (Lipinski definition) is 6. The fourth-order valence-corrected chi connectivity index (χ4v) is 4.71. The van der Waals surface area contributed by atoms with E-state index in [0.29, 0.717) is 11.8 Å². The fraction of sp³-hybridized carbons (Fsp3) is 0.280. The molecule has 6 heteroatoms. The first-order chi connectivity index (χ1) is 15.2. The molecule has 2 aromatic rings. The summed E-state index contributed by atoms with van der Waals surface area (Å²) >= 11 is 0. The number of rotatable bonds is 5. The molecule has 0 N–H and O–H groups in total.